The summed E-state index contributed by atoms with van der Waals surface area (Å²) in [5.41, 5.74) is 0.522. The van der Waals surface area contributed by atoms with E-state index in [0.29, 0.717) is 18.0 Å². The molecule has 6 heteroatoms. The minimum atomic E-state index is -0.367. The Morgan fingerprint density at radius 3 is 2.85 bits per heavy atom. The number of methoxy groups -OCH3 is 1. The maximum absolute atomic E-state index is 12.6. The van der Waals surface area contributed by atoms with E-state index in [1.807, 2.05) is 21.0 Å². The van der Waals surface area contributed by atoms with E-state index in [1.165, 1.54) is 0 Å². The second kappa shape index (κ2) is 6.37. The SMILES string of the molecule is COc1cnn(CCN(C)C)c1C(=O)C1CCC(C)O1. The van der Waals surface area contributed by atoms with Gasteiger partial charge in [-0.15, -0.1) is 0 Å². The monoisotopic (exact) mass is 281 g/mol. The summed E-state index contributed by atoms with van der Waals surface area (Å²) in [7, 11) is 5.54. The first-order chi connectivity index (χ1) is 9.52. The van der Waals surface area contributed by atoms with Gasteiger partial charge in [0.1, 0.15) is 11.8 Å². The van der Waals surface area contributed by atoms with Crippen LogP contribution in [0.3, 0.4) is 0 Å². The Hall–Kier alpha value is -1.40. The van der Waals surface area contributed by atoms with Crippen molar-refractivity contribution in [2.45, 2.75) is 38.5 Å². The van der Waals surface area contributed by atoms with E-state index in [2.05, 4.69) is 10.00 Å². The summed E-state index contributed by atoms with van der Waals surface area (Å²) in [6, 6.07) is 0. The number of rotatable bonds is 6. The van der Waals surface area contributed by atoms with Crippen LogP contribution in [0.15, 0.2) is 6.20 Å². The number of Topliss-reactive ketones (excluding diaryl/α,β-unsaturated/α-hetero) is 1. The third kappa shape index (κ3) is 3.19. The zero-order chi connectivity index (χ0) is 14.7. The van der Waals surface area contributed by atoms with Crippen molar-refractivity contribution in [3.8, 4) is 5.75 Å². The topological polar surface area (TPSA) is 56.6 Å². The predicted octanol–water partition coefficient (Wildman–Crippen LogP) is 1.20. The minimum absolute atomic E-state index is 0.0255. The van der Waals surface area contributed by atoms with Gasteiger partial charge in [-0.1, -0.05) is 0 Å². The fourth-order valence-electron chi connectivity index (χ4n) is 2.38. The van der Waals surface area contributed by atoms with Gasteiger partial charge in [-0.3, -0.25) is 9.48 Å². The number of hydrogen-bond acceptors (Lipinski definition) is 5. The first-order valence-electron chi connectivity index (χ1n) is 6.97. The van der Waals surface area contributed by atoms with Crippen molar-refractivity contribution < 1.29 is 14.3 Å². The van der Waals surface area contributed by atoms with Crippen LogP contribution in [0.2, 0.25) is 0 Å². The molecule has 2 unspecified atom stereocenters. The van der Waals surface area contributed by atoms with E-state index in [-0.39, 0.29) is 18.0 Å². The van der Waals surface area contributed by atoms with Crippen molar-refractivity contribution in [1.29, 1.82) is 0 Å². The molecule has 0 aliphatic carbocycles. The first-order valence-corrected chi connectivity index (χ1v) is 6.97. The summed E-state index contributed by atoms with van der Waals surface area (Å²) in [5, 5.41) is 4.26. The third-order valence-electron chi connectivity index (χ3n) is 3.54. The molecule has 1 fully saturated rings. The number of carbonyl (C=O) groups is 1. The van der Waals surface area contributed by atoms with E-state index in [4.69, 9.17) is 9.47 Å². The molecular weight excluding hydrogens is 258 g/mol. The Bertz CT molecular complexity index is 470. The van der Waals surface area contributed by atoms with Crippen molar-refractivity contribution in [3.63, 3.8) is 0 Å². The molecule has 1 aliphatic heterocycles. The van der Waals surface area contributed by atoms with Gasteiger partial charge in [-0.2, -0.15) is 5.10 Å². The number of carbonyl (C=O) groups excluding carboxylic acids is 1. The molecule has 0 aromatic carbocycles. The second-order valence-corrected chi connectivity index (χ2v) is 5.46. The molecule has 0 amide bonds. The molecule has 0 N–H and O–H groups in total. The second-order valence-electron chi connectivity index (χ2n) is 5.46. The number of aromatic nitrogens is 2. The van der Waals surface area contributed by atoms with Crippen LogP contribution in [0.25, 0.3) is 0 Å². The molecule has 1 aliphatic rings. The highest BCUT2D eigenvalue weighted by atomic mass is 16.5. The molecular formula is C14H23N3O3. The highest BCUT2D eigenvalue weighted by molar-refractivity contribution is 6.00. The zero-order valence-corrected chi connectivity index (χ0v) is 12.6. The van der Waals surface area contributed by atoms with Gasteiger partial charge in [-0.05, 0) is 33.9 Å². The average Bonchev–Trinajstić information content (AvgIpc) is 3.01. The molecule has 0 radical (unpaired) electrons. The molecule has 2 heterocycles. The fraction of sp³-hybridized carbons (Fsp3) is 0.714. The summed E-state index contributed by atoms with van der Waals surface area (Å²) in [5.74, 6) is 0.499. The number of nitrogens with zero attached hydrogens (tertiary/aromatic N) is 3. The van der Waals surface area contributed by atoms with Gasteiger partial charge in [0.15, 0.2) is 5.75 Å². The molecule has 2 atom stereocenters. The fourth-order valence-corrected chi connectivity index (χ4v) is 2.38. The van der Waals surface area contributed by atoms with E-state index in [1.54, 1.807) is 18.0 Å². The average molecular weight is 281 g/mol. The van der Waals surface area contributed by atoms with Crippen LogP contribution in [0, 0.1) is 0 Å². The van der Waals surface area contributed by atoms with Gasteiger partial charge in [0.25, 0.3) is 0 Å². The highest BCUT2D eigenvalue weighted by Gasteiger charge is 2.33. The van der Waals surface area contributed by atoms with Gasteiger partial charge in [0, 0.05) is 6.54 Å². The number of hydrogen-bond donors (Lipinski definition) is 0. The largest absolute Gasteiger partial charge is 0.493 e. The summed E-state index contributed by atoms with van der Waals surface area (Å²) >= 11 is 0. The van der Waals surface area contributed by atoms with Gasteiger partial charge in [0.2, 0.25) is 5.78 Å². The van der Waals surface area contributed by atoms with E-state index in [9.17, 15) is 4.79 Å². The molecule has 0 saturated carbocycles. The number of likely N-dealkylation sites (N-methyl/N-ethyl adjacent to an activating group) is 1. The highest BCUT2D eigenvalue weighted by Crippen LogP contribution is 2.26. The van der Waals surface area contributed by atoms with E-state index in [0.717, 1.165) is 19.4 Å². The van der Waals surface area contributed by atoms with Crippen LogP contribution < -0.4 is 4.74 Å². The van der Waals surface area contributed by atoms with Crippen LogP contribution in [0.1, 0.15) is 30.3 Å². The Labute approximate surface area is 119 Å². The molecule has 1 aromatic rings. The smallest absolute Gasteiger partial charge is 0.213 e. The van der Waals surface area contributed by atoms with Crippen molar-refractivity contribution >= 4 is 5.78 Å². The van der Waals surface area contributed by atoms with E-state index >= 15 is 0 Å². The zero-order valence-electron chi connectivity index (χ0n) is 12.6. The van der Waals surface area contributed by atoms with Crippen LogP contribution >= 0.6 is 0 Å². The predicted molar refractivity (Wildman–Crippen MR) is 75.2 cm³/mol. The van der Waals surface area contributed by atoms with Gasteiger partial charge >= 0.3 is 0 Å². The Kier molecular flexibility index (Phi) is 4.77. The standard InChI is InChI=1S/C14H23N3O3/c1-10-5-6-11(20-10)14(18)13-12(19-4)9-15-17(13)8-7-16(2)3/h9-11H,5-8H2,1-4H3. The van der Waals surface area contributed by atoms with E-state index < -0.39 is 0 Å². The maximum atomic E-state index is 12.6. The molecule has 2 rings (SSSR count). The molecule has 0 spiro atoms. The molecule has 0 bridgehead atoms. The van der Waals surface area contributed by atoms with Crippen molar-refractivity contribution in [2.24, 2.45) is 0 Å². The lowest BCUT2D eigenvalue weighted by atomic mass is 10.1. The molecule has 112 valence electrons. The maximum Gasteiger partial charge on any atom is 0.213 e. The summed E-state index contributed by atoms with van der Waals surface area (Å²) < 4.78 is 12.7. The molecule has 20 heavy (non-hydrogen) atoms. The first kappa shape index (κ1) is 15.0. The minimum Gasteiger partial charge on any atom is -0.493 e. The Morgan fingerprint density at radius 1 is 1.55 bits per heavy atom. The normalized spacial score (nSPS) is 22.4. The van der Waals surface area contributed by atoms with Crippen molar-refractivity contribution in [1.82, 2.24) is 14.7 Å². The molecule has 1 saturated heterocycles. The number of ketones is 1. The summed E-state index contributed by atoms with van der Waals surface area (Å²) in [4.78, 5) is 14.7. The quantitative estimate of drug-likeness (QED) is 0.733. The van der Waals surface area contributed by atoms with Crippen LogP contribution in [0.4, 0.5) is 0 Å². The third-order valence-corrected chi connectivity index (χ3v) is 3.54. The molecule has 6 nitrogen and oxygen atoms in total. The lowest BCUT2D eigenvalue weighted by Crippen LogP contribution is -2.27. The number of ether oxygens (including phenoxy) is 2. The lowest BCUT2D eigenvalue weighted by molar-refractivity contribution is 0.0421. The van der Waals surface area contributed by atoms with Gasteiger partial charge < -0.3 is 14.4 Å². The van der Waals surface area contributed by atoms with Crippen molar-refractivity contribution in [2.75, 3.05) is 27.7 Å². The Morgan fingerprint density at radius 2 is 2.30 bits per heavy atom. The Balaban J connectivity index is 2.19. The summed E-state index contributed by atoms with van der Waals surface area (Å²) in [6.07, 6.45) is 3.07. The van der Waals surface area contributed by atoms with Crippen LogP contribution in [0.5, 0.6) is 5.75 Å². The lowest BCUT2D eigenvalue weighted by Gasteiger charge is -2.14. The summed E-state index contributed by atoms with van der Waals surface area (Å²) in [6.45, 7) is 3.46. The van der Waals surface area contributed by atoms with Crippen molar-refractivity contribution in [3.05, 3.63) is 11.9 Å². The van der Waals surface area contributed by atoms with Crippen LogP contribution in [-0.4, -0.2) is 60.4 Å². The van der Waals surface area contributed by atoms with Gasteiger partial charge in [-0.25, -0.2) is 0 Å². The molecule has 1 aromatic heterocycles. The van der Waals surface area contributed by atoms with Gasteiger partial charge in [0.05, 0.1) is 26.0 Å². The van der Waals surface area contributed by atoms with Crippen LogP contribution in [-0.2, 0) is 11.3 Å².